The monoisotopic (exact) mass is 493 g/mol. The maximum absolute atomic E-state index is 13.2. The summed E-state index contributed by atoms with van der Waals surface area (Å²) in [6.07, 6.45) is 12.1. The molecule has 37 heavy (non-hydrogen) atoms. The molecular formula is C28H27N7O2. The van der Waals surface area contributed by atoms with E-state index in [1.807, 2.05) is 64.4 Å². The van der Waals surface area contributed by atoms with Crippen molar-refractivity contribution in [1.29, 1.82) is 0 Å². The lowest BCUT2D eigenvalue weighted by molar-refractivity contribution is -0.122. The fourth-order valence-electron chi connectivity index (χ4n) is 5.07. The molecule has 1 aliphatic heterocycles. The van der Waals surface area contributed by atoms with E-state index in [1.165, 1.54) is 0 Å². The Bertz CT molecular complexity index is 1660. The minimum Gasteiger partial charge on any atom is -0.347 e. The highest BCUT2D eigenvalue weighted by Crippen LogP contribution is 2.37. The first-order valence-electron chi connectivity index (χ1n) is 12.6. The van der Waals surface area contributed by atoms with Crippen molar-refractivity contribution in [3.63, 3.8) is 0 Å². The molecule has 0 unspecified atom stereocenters. The van der Waals surface area contributed by atoms with Crippen molar-refractivity contribution >= 4 is 44.9 Å². The van der Waals surface area contributed by atoms with Crippen LogP contribution in [0.25, 0.3) is 33.1 Å². The van der Waals surface area contributed by atoms with E-state index in [0.29, 0.717) is 29.0 Å². The van der Waals surface area contributed by atoms with Crippen molar-refractivity contribution in [3.05, 3.63) is 78.8 Å². The predicted octanol–water partition coefficient (Wildman–Crippen LogP) is 4.04. The Morgan fingerprint density at radius 1 is 0.892 bits per heavy atom. The number of rotatable bonds is 9. The summed E-state index contributed by atoms with van der Waals surface area (Å²) in [4.78, 5) is 35.1. The number of nitrogens with zero attached hydrogens (tertiary/aromatic N) is 6. The molecule has 0 saturated heterocycles. The molecule has 6 rings (SSSR count). The summed E-state index contributed by atoms with van der Waals surface area (Å²) in [5.41, 5.74) is 3.63. The van der Waals surface area contributed by atoms with Crippen molar-refractivity contribution in [2.45, 2.75) is 45.8 Å². The zero-order valence-corrected chi connectivity index (χ0v) is 20.6. The van der Waals surface area contributed by atoms with E-state index in [9.17, 15) is 9.59 Å². The third-order valence-electron chi connectivity index (χ3n) is 6.83. The molecule has 0 saturated carbocycles. The van der Waals surface area contributed by atoms with Crippen molar-refractivity contribution in [1.82, 2.24) is 34.2 Å². The van der Waals surface area contributed by atoms with E-state index >= 15 is 0 Å². The molecular weight excluding hydrogens is 466 g/mol. The molecule has 0 spiro atoms. The van der Waals surface area contributed by atoms with E-state index < -0.39 is 11.8 Å². The normalized spacial score (nSPS) is 13.9. The highest BCUT2D eigenvalue weighted by atomic mass is 16.2. The van der Waals surface area contributed by atoms with Crippen LogP contribution in [-0.2, 0) is 29.2 Å². The Morgan fingerprint density at radius 2 is 1.73 bits per heavy atom. The van der Waals surface area contributed by atoms with Gasteiger partial charge in [-0.05, 0) is 31.0 Å². The van der Waals surface area contributed by atoms with Gasteiger partial charge in [0, 0.05) is 66.3 Å². The second-order valence-electron chi connectivity index (χ2n) is 9.24. The van der Waals surface area contributed by atoms with Gasteiger partial charge in [-0.2, -0.15) is 5.10 Å². The summed E-state index contributed by atoms with van der Waals surface area (Å²) in [6, 6.07) is 11.7. The fraction of sp³-hybridized carbons (Fsp3) is 0.250. The van der Waals surface area contributed by atoms with E-state index in [2.05, 4.69) is 26.8 Å². The Morgan fingerprint density at radius 3 is 2.57 bits per heavy atom. The van der Waals surface area contributed by atoms with E-state index in [0.717, 1.165) is 54.2 Å². The SMILES string of the molecule is CCCCn1nc(C2=C(c3cn(CCCn4ccnc4)c4ccccc34)C(=O)NC2=O)c2cccnc21. The number of nitrogens with one attached hydrogen (secondary N) is 1. The van der Waals surface area contributed by atoms with Gasteiger partial charge in [0.15, 0.2) is 5.65 Å². The van der Waals surface area contributed by atoms with Crippen LogP contribution in [0.15, 0.2) is 67.5 Å². The van der Waals surface area contributed by atoms with Gasteiger partial charge in [0.05, 0.1) is 17.5 Å². The number of pyridine rings is 1. The number of para-hydroxylation sites is 1. The van der Waals surface area contributed by atoms with Gasteiger partial charge < -0.3 is 9.13 Å². The van der Waals surface area contributed by atoms with E-state index in [4.69, 9.17) is 5.10 Å². The Kier molecular flexibility index (Phi) is 5.88. The van der Waals surface area contributed by atoms with Crippen LogP contribution in [0.1, 0.15) is 37.4 Å². The Hall–Kier alpha value is -4.53. The van der Waals surface area contributed by atoms with Crippen LogP contribution >= 0.6 is 0 Å². The van der Waals surface area contributed by atoms with Gasteiger partial charge in [-0.1, -0.05) is 31.5 Å². The van der Waals surface area contributed by atoms with Crippen LogP contribution in [0.5, 0.6) is 0 Å². The van der Waals surface area contributed by atoms with E-state index in [-0.39, 0.29) is 0 Å². The lowest BCUT2D eigenvalue weighted by atomic mass is 9.98. The summed E-state index contributed by atoms with van der Waals surface area (Å²) in [7, 11) is 0. The molecule has 9 nitrogen and oxygen atoms in total. The van der Waals surface area contributed by atoms with Gasteiger partial charge in [-0.3, -0.25) is 14.9 Å². The molecule has 5 aromatic rings. The zero-order valence-electron chi connectivity index (χ0n) is 20.6. The van der Waals surface area contributed by atoms with Crippen LogP contribution in [0.2, 0.25) is 0 Å². The second-order valence-corrected chi connectivity index (χ2v) is 9.24. The third kappa shape index (κ3) is 4.02. The highest BCUT2D eigenvalue weighted by molar-refractivity contribution is 6.50. The smallest absolute Gasteiger partial charge is 0.261 e. The molecule has 0 radical (unpaired) electrons. The second kappa shape index (κ2) is 9.50. The number of carbonyl (C=O) groups is 2. The predicted molar refractivity (Wildman–Crippen MR) is 141 cm³/mol. The Balaban J connectivity index is 1.48. The third-order valence-corrected chi connectivity index (χ3v) is 6.83. The van der Waals surface area contributed by atoms with Crippen LogP contribution in [-0.4, -0.2) is 40.7 Å². The first kappa shape index (κ1) is 22.9. The van der Waals surface area contributed by atoms with Crippen molar-refractivity contribution in [2.75, 3.05) is 0 Å². The summed E-state index contributed by atoms with van der Waals surface area (Å²) in [6.45, 7) is 4.41. The molecule has 0 bridgehead atoms. The summed E-state index contributed by atoms with van der Waals surface area (Å²) in [5, 5.41) is 9.02. The lowest BCUT2D eigenvalue weighted by Crippen LogP contribution is -2.22. The highest BCUT2D eigenvalue weighted by Gasteiger charge is 2.36. The van der Waals surface area contributed by atoms with Crippen LogP contribution in [0.4, 0.5) is 0 Å². The van der Waals surface area contributed by atoms with E-state index in [1.54, 1.807) is 12.4 Å². The summed E-state index contributed by atoms with van der Waals surface area (Å²) in [5.74, 6) is -0.829. The van der Waals surface area contributed by atoms with Gasteiger partial charge in [-0.15, -0.1) is 0 Å². The molecule has 1 aliphatic rings. The number of aryl methyl sites for hydroxylation is 3. The largest absolute Gasteiger partial charge is 0.347 e. The first-order valence-corrected chi connectivity index (χ1v) is 12.6. The topological polar surface area (TPSA) is 99.6 Å². The van der Waals surface area contributed by atoms with Crippen molar-refractivity contribution in [3.8, 4) is 0 Å². The fourth-order valence-corrected chi connectivity index (χ4v) is 5.07. The molecule has 1 N–H and O–H groups in total. The molecule has 1 aromatic carbocycles. The average molecular weight is 494 g/mol. The van der Waals surface area contributed by atoms with Crippen LogP contribution in [0.3, 0.4) is 0 Å². The van der Waals surface area contributed by atoms with Crippen molar-refractivity contribution in [2.24, 2.45) is 0 Å². The molecule has 0 aliphatic carbocycles. The standard InChI is InChI=1S/C28H27N7O2/c1-2-3-15-35-26-20(9-6-11-30-26)25(32-35)24-23(27(36)31-28(24)37)21-17-34(22-10-5-4-8-19(21)22)14-7-13-33-16-12-29-18-33/h4-6,8-12,16-18H,2-3,7,13-15H2,1H3,(H,31,36,37). The van der Waals surface area contributed by atoms with Gasteiger partial charge in [0.1, 0.15) is 5.69 Å². The Labute approximate surface area is 213 Å². The number of imidazole rings is 1. The lowest BCUT2D eigenvalue weighted by Gasteiger charge is -2.06. The van der Waals surface area contributed by atoms with Crippen molar-refractivity contribution < 1.29 is 9.59 Å². The minimum absolute atomic E-state index is 0.305. The number of amides is 2. The number of hydrogen-bond acceptors (Lipinski definition) is 5. The van der Waals surface area contributed by atoms with Crippen LogP contribution in [0, 0.1) is 0 Å². The summed E-state index contributed by atoms with van der Waals surface area (Å²) >= 11 is 0. The van der Waals surface area contributed by atoms with Gasteiger partial charge in [0.2, 0.25) is 0 Å². The zero-order chi connectivity index (χ0) is 25.4. The maximum Gasteiger partial charge on any atom is 0.261 e. The van der Waals surface area contributed by atoms with Crippen LogP contribution < -0.4 is 5.32 Å². The number of fused-ring (bicyclic) bond motifs is 2. The average Bonchev–Trinajstić information content (AvgIpc) is 3.69. The minimum atomic E-state index is -0.428. The number of aromatic nitrogens is 6. The number of unbranched alkanes of at least 4 members (excludes halogenated alkanes) is 1. The molecule has 0 atom stereocenters. The molecule has 4 aromatic heterocycles. The number of imide groups is 1. The maximum atomic E-state index is 13.2. The van der Waals surface area contributed by atoms with Gasteiger partial charge >= 0.3 is 0 Å². The van der Waals surface area contributed by atoms with Gasteiger partial charge in [-0.25, -0.2) is 14.6 Å². The molecule has 186 valence electrons. The van der Waals surface area contributed by atoms with Gasteiger partial charge in [0.25, 0.3) is 11.8 Å². The quantitative estimate of drug-likeness (QED) is 0.313. The number of carbonyl (C=O) groups excluding carboxylic acids is 2. The first-order chi connectivity index (χ1) is 18.2. The number of benzene rings is 1. The molecule has 0 fully saturated rings. The summed E-state index contributed by atoms with van der Waals surface area (Å²) < 4.78 is 6.04. The molecule has 5 heterocycles. The molecule has 2 amide bonds. The number of hydrogen-bond donors (Lipinski definition) is 1. The molecule has 9 heteroatoms.